The lowest BCUT2D eigenvalue weighted by molar-refractivity contribution is -0.111. The van der Waals surface area contributed by atoms with Crippen LogP contribution < -0.4 is 9.47 Å². The molecule has 0 aliphatic heterocycles. The molecule has 0 radical (unpaired) electrons. The second-order valence-electron chi connectivity index (χ2n) is 4.37. The van der Waals surface area contributed by atoms with E-state index in [0.717, 1.165) is 0 Å². The molecule has 0 spiro atoms. The fourth-order valence-corrected chi connectivity index (χ4v) is 2.50. The Balaban J connectivity index is 2.57. The van der Waals surface area contributed by atoms with Crippen LogP contribution in [0.4, 0.5) is 0 Å². The Morgan fingerprint density at radius 1 is 0.700 bits per heavy atom. The molecule has 0 fully saturated rings. The van der Waals surface area contributed by atoms with Crippen LogP contribution in [0, 0.1) is 0 Å². The van der Waals surface area contributed by atoms with Gasteiger partial charge in [-0.15, -0.1) is 0 Å². The zero-order valence-corrected chi connectivity index (χ0v) is 10.9. The van der Waals surface area contributed by atoms with Crippen molar-refractivity contribution in [3.8, 4) is 11.5 Å². The van der Waals surface area contributed by atoms with Crippen molar-refractivity contribution < 1.29 is 23.9 Å². The largest absolute Gasteiger partial charge is 0.496 e. The molecule has 100 valence electrons. The van der Waals surface area contributed by atoms with Crippen LogP contribution in [0.5, 0.6) is 11.5 Å². The maximum atomic E-state index is 12.1. The number of ketones is 3. The SMILES string of the molecule is COc1ccc2ccc(OC)c3c2c1C(=O)C(=O)C3=O. The van der Waals surface area contributed by atoms with Gasteiger partial charge in [-0.25, -0.2) is 0 Å². The van der Waals surface area contributed by atoms with Crippen molar-refractivity contribution in [2.75, 3.05) is 14.2 Å². The lowest BCUT2D eigenvalue weighted by atomic mass is 9.85. The predicted molar refractivity (Wildman–Crippen MR) is 70.7 cm³/mol. The Morgan fingerprint density at radius 3 is 1.55 bits per heavy atom. The Bertz CT molecular complexity index is 728. The van der Waals surface area contributed by atoms with Gasteiger partial charge in [-0.2, -0.15) is 0 Å². The number of Topliss-reactive ketones (excluding diaryl/α,β-unsaturated/α-hetero) is 3. The van der Waals surface area contributed by atoms with Crippen molar-refractivity contribution in [2.24, 2.45) is 0 Å². The smallest absolute Gasteiger partial charge is 0.274 e. The molecular weight excluding hydrogens is 260 g/mol. The molecule has 2 aromatic rings. The number of ether oxygens (including phenoxy) is 2. The molecule has 0 bridgehead atoms. The Hall–Kier alpha value is -2.69. The third-order valence-electron chi connectivity index (χ3n) is 3.42. The van der Waals surface area contributed by atoms with Crippen LogP contribution in [-0.4, -0.2) is 31.6 Å². The van der Waals surface area contributed by atoms with E-state index in [2.05, 4.69) is 0 Å². The van der Waals surface area contributed by atoms with Crippen LogP contribution in [0.15, 0.2) is 24.3 Å². The number of carbonyl (C=O) groups excluding carboxylic acids is 3. The van der Waals surface area contributed by atoms with Gasteiger partial charge < -0.3 is 9.47 Å². The minimum absolute atomic E-state index is 0.128. The van der Waals surface area contributed by atoms with Crippen molar-refractivity contribution in [3.63, 3.8) is 0 Å². The van der Waals surface area contributed by atoms with Gasteiger partial charge in [0, 0.05) is 5.39 Å². The van der Waals surface area contributed by atoms with E-state index in [-0.39, 0.29) is 22.6 Å². The summed E-state index contributed by atoms with van der Waals surface area (Å²) in [7, 11) is 2.82. The zero-order chi connectivity index (χ0) is 14.4. The third kappa shape index (κ3) is 1.40. The molecule has 5 nitrogen and oxygen atoms in total. The Kier molecular flexibility index (Phi) is 2.57. The fourth-order valence-electron chi connectivity index (χ4n) is 2.50. The Labute approximate surface area is 114 Å². The van der Waals surface area contributed by atoms with E-state index in [1.165, 1.54) is 14.2 Å². The van der Waals surface area contributed by atoms with Gasteiger partial charge in [-0.05, 0) is 17.5 Å². The quantitative estimate of drug-likeness (QED) is 0.778. The molecule has 0 heterocycles. The summed E-state index contributed by atoms with van der Waals surface area (Å²) in [5.41, 5.74) is 0.256. The van der Waals surface area contributed by atoms with Gasteiger partial charge in [0.05, 0.1) is 25.3 Å². The second kappa shape index (κ2) is 4.16. The average molecular weight is 270 g/mol. The molecule has 1 aliphatic rings. The average Bonchev–Trinajstić information content (AvgIpc) is 2.49. The number of hydrogen-bond acceptors (Lipinski definition) is 5. The van der Waals surface area contributed by atoms with Crippen molar-refractivity contribution >= 4 is 28.1 Å². The summed E-state index contributed by atoms with van der Waals surface area (Å²) in [6.45, 7) is 0. The van der Waals surface area contributed by atoms with E-state index in [1.807, 2.05) is 0 Å². The van der Waals surface area contributed by atoms with Crippen LogP contribution in [0.25, 0.3) is 10.8 Å². The molecule has 2 aromatic carbocycles. The minimum atomic E-state index is -1.06. The predicted octanol–water partition coefficient (Wildman–Crippen LogP) is 1.81. The third-order valence-corrected chi connectivity index (χ3v) is 3.42. The summed E-state index contributed by atoms with van der Waals surface area (Å²) in [6.07, 6.45) is 0. The minimum Gasteiger partial charge on any atom is -0.496 e. The lowest BCUT2D eigenvalue weighted by Gasteiger charge is -2.19. The lowest BCUT2D eigenvalue weighted by Crippen LogP contribution is -2.30. The number of rotatable bonds is 2. The highest BCUT2D eigenvalue weighted by atomic mass is 16.5. The summed E-state index contributed by atoms with van der Waals surface area (Å²) in [5.74, 6) is -2.18. The van der Waals surface area contributed by atoms with Gasteiger partial charge in [-0.3, -0.25) is 14.4 Å². The van der Waals surface area contributed by atoms with Crippen molar-refractivity contribution in [1.29, 1.82) is 0 Å². The second-order valence-corrected chi connectivity index (χ2v) is 4.37. The van der Waals surface area contributed by atoms with E-state index >= 15 is 0 Å². The first-order valence-corrected chi connectivity index (χ1v) is 5.91. The number of benzene rings is 2. The van der Waals surface area contributed by atoms with Crippen LogP contribution in [0.2, 0.25) is 0 Å². The van der Waals surface area contributed by atoms with Crippen LogP contribution in [0.3, 0.4) is 0 Å². The van der Waals surface area contributed by atoms with E-state index in [1.54, 1.807) is 24.3 Å². The molecule has 0 saturated heterocycles. The van der Waals surface area contributed by atoms with E-state index < -0.39 is 17.3 Å². The highest BCUT2D eigenvalue weighted by Gasteiger charge is 2.38. The van der Waals surface area contributed by atoms with Gasteiger partial charge in [0.2, 0.25) is 11.6 Å². The molecule has 0 aromatic heterocycles. The molecule has 3 rings (SSSR count). The summed E-state index contributed by atoms with van der Waals surface area (Å²) in [6, 6.07) is 6.68. The summed E-state index contributed by atoms with van der Waals surface area (Å²) in [5, 5.41) is 1.10. The van der Waals surface area contributed by atoms with Crippen LogP contribution in [0.1, 0.15) is 20.7 Å². The van der Waals surface area contributed by atoms with Crippen LogP contribution in [-0.2, 0) is 4.79 Å². The summed E-state index contributed by atoms with van der Waals surface area (Å²) < 4.78 is 10.3. The number of hydrogen-bond donors (Lipinski definition) is 0. The molecule has 0 saturated carbocycles. The van der Waals surface area contributed by atoms with E-state index in [0.29, 0.717) is 10.8 Å². The summed E-state index contributed by atoms with van der Waals surface area (Å²) in [4.78, 5) is 36.1. The maximum Gasteiger partial charge on any atom is 0.274 e. The van der Waals surface area contributed by atoms with E-state index in [9.17, 15) is 14.4 Å². The maximum absolute atomic E-state index is 12.1. The molecule has 0 unspecified atom stereocenters. The monoisotopic (exact) mass is 270 g/mol. The topological polar surface area (TPSA) is 69.7 Å². The Morgan fingerprint density at radius 2 is 1.15 bits per heavy atom. The van der Waals surface area contributed by atoms with Gasteiger partial charge >= 0.3 is 0 Å². The van der Waals surface area contributed by atoms with Gasteiger partial charge in [-0.1, -0.05) is 12.1 Å². The fraction of sp³-hybridized carbons (Fsp3) is 0.133. The zero-order valence-electron chi connectivity index (χ0n) is 10.9. The highest BCUT2D eigenvalue weighted by Crippen LogP contribution is 2.38. The molecule has 1 aliphatic carbocycles. The first-order valence-electron chi connectivity index (χ1n) is 5.91. The normalized spacial score (nSPS) is 13.8. The van der Waals surface area contributed by atoms with Crippen LogP contribution >= 0.6 is 0 Å². The molecule has 0 amide bonds. The summed E-state index contributed by atoms with van der Waals surface area (Å²) >= 11 is 0. The molecular formula is C15H10O5. The highest BCUT2D eigenvalue weighted by molar-refractivity contribution is 6.74. The molecule has 0 atom stereocenters. The standard InChI is InChI=1S/C15H10O5/c1-19-8-5-3-7-4-6-9(20-2)12-10(7)11(8)13(16)15(18)14(12)17/h3-6H,1-2H3. The first kappa shape index (κ1) is 12.3. The van der Waals surface area contributed by atoms with Gasteiger partial charge in [0.1, 0.15) is 11.5 Å². The first-order chi connectivity index (χ1) is 9.60. The number of methoxy groups -OCH3 is 2. The molecule has 0 N–H and O–H groups in total. The molecule has 5 heteroatoms. The number of carbonyl (C=O) groups is 3. The van der Waals surface area contributed by atoms with Gasteiger partial charge in [0.25, 0.3) is 5.78 Å². The van der Waals surface area contributed by atoms with E-state index in [4.69, 9.17) is 9.47 Å². The van der Waals surface area contributed by atoms with Gasteiger partial charge in [0.15, 0.2) is 0 Å². The molecule has 20 heavy (non-hydrogen) atoms. The van der Waals surface area contributed by atoms with Crippen molar-refractivity contribution in [2.45, 2.75) is 0 Å². The van der Waals surface area contributed by atoms with Crippen molar-refractivity contribution in [3.05, 3.63) is 35.4 Å². The van der Waals surface area contributed by atoms with Crippen molar-refractivity contribution in [1.82, 2.24) is 0 Å².